The largest absolute Gasteiger partial charge is 0.444 e. The predicted octanol–water partition coefficient (Wildman–Crippen LogP) is 3.89. The van der Waals surface area contributed by atoms with E-state index >= 15 is 0 Å². The summed E-state index contributed by atoms with van der Waals surface area (Å²) in [6.07, 6.45) is -2.93. The number of urea groups is 1. The maximum Gasteiger partial charge on any atom is 0.425 e. The van der Waals surface area contributed by atoms with Gasteiger partial charge in [0.15, 0.2) is 0 Å². The van der Waals surface area contributed by atoms with Crippen LogP contribution in [-0.2, 0) is 19.0 Å². The van der Waals surface area contributed by atoms with Gasteiger partial charge in [0.25, 0.3) is 5.91 Å². The molecule has 0 bridgehead atoms. The molecule has 11 nitrogen and oxygen atoms in total. The Labute approximate surface area is 194 Å². The number of piperidine rings is 1. The number of likely N-dealkylation sites (tertiary alicyclic amines) is 1. The lowest BCUT2D eigenvalue weighted by atomic mass is 9.86. The fourth-order valence-electron chi connectivity index (χ4n) is 3.53. The normalized spacial score (nSPS) is 19.1. The summed E-state index contributed by atoms with van der Waals surface area (Å²) in [5.41, 5.74) is -4.29. The van der Waals surface area contributed by atoms with Gasteiger partial charge in [0.05, 0.1) is 0 Å². The smallest absolute Gasteiger partial charge is 0.425 e. The van der Waals surface area contributed by atoms with Crippen molar-refractivity contribution in [1.29, 1.82) is 0 Å². The molecular weight excluding hydrogens is 434 g/mol. The molecule has 0 aromatic carbocycles. The molecular formula is C22H35N3O8. The molecule has 1 spiro atoms. The van der Waals surface area contributed by atoms with E-state index in [9.17, 15) is 24.0 Å². The second-order valence-electron chi connectivity index (χ2n) is 11.2. The highest BCUT2D eigenvalue weighted by molar-refractivity contribution is 6.20. The van der Waals surface area contributed by atoms with Crippen LogP contribution in [0.3, 0.4) is 0 Å². The maximum atomic E-state index is 13.4. The summed E-state index contributed by atoms with van der Waals surface area (Å²) < 4.78 is 16.0. The Morgan fingerprint density at radius 1 is 0.697 bits per heavy atom. The fourth-order valence-corrected chi connectivity index (χ4v) is 3.53. The lowest BCUT2D eigenvalue weighted by molar-refractivity contribution is -0.135. The van der Waals surface area contributed by atoms with Crippen LogP contribution in [0.15, 0.2) is 0 Å². The second kappa shape index (κ2) is 8.49. The van der Waals surface area contributed by atoms with Gasteiger partial charge in [0.1, 0.15) is 22.3 Å². The fraction of sp³-hybridized carbons (Fsp3) is 0.773. The highest BCUT2D eigenvalue weighted by atomic mass is 16.6. The third-order valence-electron chi connectivity index (χ3n) is 4.81. The van der Waals surface area contributed by atoms with Crippen LogP contribution >= 0.6 is 0 Å². The summed E-state index contributed by atoms with van der Waals surface area (Å²) in [7, 11) is 0. The van der Waals surface area contributed by atoms with Gasteiger partial charge in [-0.15, -0.1) is 0 Å². The van der Waals surface area contributed by atoms with E-state index in [1.165, 1.54) is 4.90 Å². The van der Waals surface area contributed by atoms with Crippen molar-refractivity contribution in [2.75, 3.05) is 13.1 Å². The van der Waals surface area contributed by atoms with E-state index in [2.05, 4.69) is 0 Å². The van der Waals surface area contributed by atoms with Crippen LogP contribution in [0.5, 0.6) is 0 Å². The molecule has 6 amide bonds. The molecule has 33 heavy (non-hydrogen) atoms. The lowest BCUT2D eigenvalue weighted by Gasteiger charge is -2.41. The number of carbonyl (C=O) groups excluding carboxylic acids is 5. The third kappa shape index (κ3) is 5.94. The molecule has 0 N–H and O–H groups in total. The molecule has 2 rings (SSSR count). The van der Waals surface area contributed by atoms with E-state index in [1.807, 2.05) is 0 Å². The van der Waals surface area contributed by atoms with Gasteiger partial charge in [0, 0.05) is 13.1 Å². The van der Waals surface area contributed by atoms with Crippen molar-refractivity contribution in [3.63, 3.8) is 0 Å². The van der Waals surface area contributed by atoms with Crippen molar-refractivity contribution in [1.82, 2.24) is 14.7 Å². The number of ether oxygens (including phenoxy) is 3. The topological polar surface area (TPSA) is 123 Å². The zero-order valence-corrected chi connectivity index (χ0v) is 20.9. The van der Waals surface area contributed by atoms with Crippen LogP contribution in [0, 0.1) is 0 Å². The summed E-state index contributed by atoms with van der Waals surface area (Å²) in [4.78, 5) is 67.2. The van der Waals surface area contributed by atoms with E-state index in [-0.39, 0.29) is 25.9 Å². The molecule has 2 heterocycles. The summed E-state index contributed by atoms with van der Waals surface area (Å²) >= 11 is 0. The average molecular weight is 470 g/mol. The lowest BCUT2D eigenvalue weighted by Crippen LogP contribution is -2.59. The van der Waals surface area contributed by atoms with Crippen molar-refractivity contribution in [3.05, 3.63) is 0 Å². The van der Waals surface area contributed by atoms with E-state index in [4.69, 9.17) is 14.2 Å². The quantitative estimate of drug-likeness (QED) is 0.387. The van der Waals surface area contributed by atoms with Crippen LogP contribution in [-0.4, -0.2) is 80.3 Å². The summed E-state index contributed by atoms with van der Waals surface area (Å²) in [6.45, 7) is 14.9. The summed E-state index contributed by atoms with van der Waals surface area (Å²) in [6, 6.07) is -1.13. The Balaban J connectivity index is 2.37. The molecule has 0 aromatic heterocycles. The van der Waals surface area contributed by atoms with Crippen molar-refractivity contribution in [2.45, 2.75) is 97.5 Å². The van der Waals surface area contributed by atoms with E-state index in [0.717, 1.165) is 0 Å². The van der Waals surface area contributed by atoms with Crippen LogP contribution in [0.25, 0.3) is 0 Å². The predicted molar refractivity (Wildman–Crippen MR) is 116 cm³/mol. The van der Waals surface area contributed by atoms with Crippen LogP contribution in [0.1, 0.15) is 75.2 Å². The Bertz CT molecular complexity index is 839. The number of nitrogens with zero attached hydrogens (tertiary/aromatic N) is 3. The number of hydrogen-bond acceptors (Lipinski definition) is 8. The minimum atomic E-state index is -1.67. The average Bonchev–Trinajstić information content (AvgIpc) is 2.77. The number of hydrogen-bond donors (Lipinski definition) is 0. The van der Waals surface area contributed by atoms with Gasteiger partial charge in [-0.1, -0.05) is 0 Å². The Kier molecular flexibility index (Phi) is 6.80. The molecule has 0 aromatic rings. The third-order valence-corrected chi connectivity index (χ3v) is 4.81. The van der Waals surface area contributed by atoms with Gasteiger partial charge in [-0.25, -0.2) is 24.1 Å². The van der Waals surface area contributed by atoms with Gasteiger partial charge in [-0.05, 0) is 75.2 Å². The second-order valence-corrected chi connectivity index (χ2v) is 11.2. The Morgan fingerprint density at radius 2 is 1.09 bits per heavy atom. The van der Waals surface area contributed by atoms with Crippen LogP contribution in [0.2, 0.25) is 0 Å². The van der Waals surface area contributed by atoms with Gasteiger partial charge in [-0.2, -0.15) is 4.90 Å². The zero-order valence-electron chi connectivity index (χ0n) is 20.9. The van der Waals surface area contributed by atoms with Crippen molar-refractivity contribution in [3.8, 4) is 0 Å². The monoisotopic (exact) mass is 469 g/mol. The van der Waals surface area contributed by atoms with Gasteiger partial charge >= 0.3 is 24.3 Å². The molecule has 0 unspecified atom stereocenters. The molecule has 0 aliphatic carbocycles. The van der Waals surface area contributed by atoms with E-state index < -0.39 is 52.6 Å². The highest BCUT2D eigenvalue weighted by Gasteiger charge is 2.64. The number of carbonyl (C=O) groups is 5. The molecule has 11 heteroatoms. The van der Waals surface area contributed by atoms with Crippen molar-refractivity contribution >= 4 is 30.2 Å². The summed E-state index contributed by atoms with van der Waals surface area (Å²) in [5, 5.41) is 0. The first-order valence-corrected chi connectivity index (χ1v) is 10.9. The van der Waals surface area contributed by atoms with Crippen molar-refractivity contribution < 1.29 is 38.2 Å². The molecule has 0 atom stereocenters. The summed E-state index contributed by atoms with van der Waals surface area (Å²) in [5.74, 6) is -0.878. The minimum absolute atomic E-state index is 0.0371. The first-order valence-electron chi connectivity index (χ1n) is 10.9. The molecule has 0 radical (unpaired) electrons. The van der Waals surface area contributed by atoms with Crippen LogP contribution < -0.4 is 0 Å². The van der Waals surface area contributed by atoms with Gasteiger partial charge in [-0.3, -0.25) is 4.79 Å². The number of rotatable bonds is 0. The molecule has 186 valence electrons. The maximum absolute atomic E-state index is 13.4. The molecule has 2 aliphatic heterocycles. The molecule has 0 saturated carbocycles. The number of amides is 6. The first kappa shape index (κ1) is 26.4. The molecule has 2 aliphatic rings. The standard InChI is InChI=1S/C22H35N3O8/c1-19(2,3)31-16(28)23-12-10-22(11-13-23)14(26)24(17(29)32-20(4,5)6)15(27)25(22)18(30)33-21(7,8)9/h10-13H2,1-9H3. The van der Waals surface area contributed by atoms with Gasteiger partial charge < -0.3 is 19.1 Å². The van der Waals surface area contributed by atoms with E-state index in [1.54, 1.807) is 62.3 Å². The zero-order chi connectivity index (χ0) is 25.6. The first-order chi connectivity index (χ1) is 14.8. The van der Waals surface area contributed by atoms with Crippen LogP contribution in [0.4, 0.5) is 19.2 Å². The van der Waals surface area contributed by atoms with Gasteiger partial charge in [0.2, 0.25) is 0 Å². The Hall–Kier alpha value is -2.85. The Morgan fingerprint density at radius 3 is 1.52 bits per heavy atom. The minimum Gasteiger partial charge on any atom is -0.444 e. The van der Waals surface area contributed by atoms with E-state index in [0.29, 0.717) is 9.80 Å². The van der Waals surface area contributed by atoms with Crippen molar-refractivity contribution in [2.24, 2.45) is 0 Å². The number of imide groups is 4. The molecule has 2 fully saturated rings. The SMILES string of the molecule is CC(C)(C)OC(=O)N1CCC2(CC1)C(=O)N(C(=O)OC(C)(C)C)C(=O)N2C(=O)OC(C)(C)C. The highest BCUT2D eigenvalue weighted by Crippen LogP contribution is 2.39. The molecule has 2 saturated heterocycles.